The summed E-state index contributed by atoms with van der Waals surface area (Å²) in [6.45, 7) is 5.54. The third-order valence-electron chi connectivity index (χ3n) is 3.42. The van der Waals surface area contributed by atoms with Gasteiger partial charge in [-0.05, 0) is 37.1 Å². The van der Waals surface area contributed by atoms with Gasteiger partial charge in [-0.3, -0.25) is 9.59 Å². The van der Waals surface area contributed by atoms with Crippen LogP contribution in [0.3, 0.4) is 0 Å². The number of phenols is 1. The van der Waals surface area contributed by atoms with Gasteiger partial charge in [-0.15, -0.1) is 0 Å². The number of carbonyl (C=O) groups excluding carboxylic acids is 2. The van der Waals surface area contributed by atoms with E-state index in [9.17, 15) is 14.7 Å². The summed E-state index contributed by atoms with van der Waals surface area (Å²) in [7, 11) is 0. The van der Waals surface area contributed by atoms with Gasteiger partial charge < -0.3 is 14.7 Å². The summed E-state index contributed by atoms with van der Waals surface area (Å²) >= 11 is 0. The molecule has 1 N–H and O–H groups in total. The lowest BCUT2D eigenvalue weighted by Crippen LogP contribution is -2.32. The first kappa shape index (κ1) is 16.8. The van der Waals surface area contributed by atoms with Crippen molar-refractivity contribution < 1.29 is 19.4 Å². The van der Waals surface area contributed by atoms with Crippen LogP contribution in [0.4, 0.5) is 0 Å². The Labute approximate surface area is 135 Å². The predicted molar refractivity (Wildman–Crippen MR) is 87.1 cm³/mol. The Hall–Kier alpha value is -2.56. The van der Waals surface area contributed by atoms with Gasteiger partial charge in [-0.1, -0.05) is 13.8 Å². The van der Waals surface area contributed by atoms with Gasteiger partial charge in [0.15, 0.2) is 5.76 Å². The van der Waals surface area contributed by atoms with E-state index in [1.807, 2.05) is 18.7 Å². The predicted octanol–water partition coefficient (Wildman–Crippen LogP) is 2.81. The SMILES string of the molecule is CCCN(CCC)C1=CC(=O)C(Oc2ccc(O)cc2)=CC1=O. The Morgan fingerprint density at radius 2 is 1.57 bits per heavy atom. The molecule has 0 bridgehead atoms. The van der Waals surface area contributed by atoms with Gasteiger partial charge in [0.05, 0.1) is 5.70 Å². The summed E-state index contributed by atoms with van der Waals surface area (Å²) < 4.78 is 5.46. The van der Waals surface area contributed by atoms with Gasteiger partial charge in [0, 0.05) is 25.2 Å². The number of carbonyl (C=O) groups is 2. The standard InChI is InChI=1S/C18H21NO4/c1-3-9-19(10-4-2)15-11-17(22)18(12-16(15)21)23-14-7-5-13(20)6-8-14/h5-8,11-12,20H,3-4,9-10H2,1-2H3. The van der Waals surface area contributed by atoms with Crippen molar-refractivity contribution in [2.45, 2.75) is 26.7 Å². The lowest BCUT2D eigenvalue weighted by Gasteiger charge is -2.26. The first-order valence-electron chi connectivity index (χ1n) is 7.79. The van der Waals surface area contributed by atoms with E-state index in [-0.39, 0.29) is 23.1 Å². The maximum Gasteiger partial charge on any atom is 0.223 e. The van der Waals surface area contributed by atoms with Crippen LogP contribution in [0.5, 0.6) is 11.5 Å². The number of hydrogen-bond donors (Lipinski definition) is 1. The molecule has 0 unspecified atom stereocenters. The second kappa shape index (κ2) is 7.63. The molecule has 2 rings (SSSR count). The molecule has 1 aliphatic rings. The molecular formula is C18H21NO4. The maximum absolute atomic E-state index is 12.3. The summed E-state index contributed by atoms with van der Waals surface area (Å²) in [5.74, 6) is -0.0529. The Bertz CT molecular complexity index is 637. The van der Waals surface area contributed by atoms with Crippen molar-refractivity contribution in [3.8, 4) is 11.5 Å². The minimum Gasteiger partial charge on any atom is -0.508 e. The molecule has 0 saturated carbocycles. The molecule has 5 nitrogen and oxygen atoms in total. The van der Waals surface area contributed by atoms with Gasteiger partial charge in [0.1, 0.15) is 11.5 Å². The van der Waals surface area contributed by atoms with Crippen LogP contribution in [0.2, 0.25) is 0 Å². The maximum atomic E-state index is 12.3. The van der Waals surface area contributed by atoms with Crippen LogP contribution in [0.15, 0.2) is 47.9 Å². The molecule has 1 aromatic rings. The zero-order valence-electron chi connectivity index (χ0n) is 13.4. The van der Waals surface area contributed by atoms with E-state index in [4.69, 9.17) is 4.74 Å². The van der Waals surface area contributed by atoms with Crippen LogP contribution in [0.1, 0.15) is 26.7 Å². The molecule has 0 atom stereocenters. The number of benzene rings is 1. The van der Waals surface area contributed by atoms with Crippen molar-refractivity contribution in [3.05, 3.63) is 47.9 Å². The molecule has 0 aliphatic heterocycles. The summed E-state index contributed by atoms with van der Waals surface area (Å²) in [6, 6.07) is 5.98. The number of phenolic OH excluding ortho intramolecular Hbond substituents is 1. The van der Waals surface area contributed by atoms with E-state index in [0.29, 0.717) is 11.4 Å². The van der Waals surface area contributed by atoms with Gasteiger partial charge in [0.2, 0.25) is 11.6 Å². The topological polar surface area (TPSA) is 66.8 Å². The minimum absolute atomic E-state index is 0.00242. The van der Waals surface area contributed by atoms with E-state index >= 15 is 0 Å². The average Bonchev–Trinajstić information content (AvgIpc) is 2.52. The molecular weight excluding hydrogens is 294 g/mol. The van der Waals surface area contributed by atoms with Crippen LogP contribution < -0.4 is 4.74 Å². The quantitative estimate of drug-likeness (QED) is 0.784. The highest BCUT2D eigenvalue weighted by atomic mass is 16.5. The molecule has 0 saturated heterocycles. The van der Waals surface area contributed by atoms with E-state index in [0.717, 1.165) is 25.9 Å². The Kier molecular flexibility index (Phi) is 5.57. The molecule has 122 valence electrons. The van der Waals surface area contributed by atoms with Crippen LogP contribution in [-0.2, 0) is 9.59 Å². The second-order valence-electron chi connectivity index (χ2n) is 5.35. The fraction of sp³-hybridized carbons (Fsp3) is 0.333. The largest absolute Gasteiger partial charge is 0.508 e. The molecule has 0 amide bonds. The summed E-state index contributed by atoms with van der Waals surface area (Å²) in [5, 5.41) is 9.25. The number of nitrogens with zero attached hydrogens (tertiary/aromatic N) is 1. The van der Waals surface area contributed by atoms with E-state index in [2.05, 4.69) is 0 Å². The summed E-state index contributed by atoms with van der Waals surface area (Å²) in [5.41, 5.74) is 0.428. The van der Waals surface area contributed by atoms with Crippen molar-refractivity contribution in [2.75, 3.05) is 13.1 Å². The van der Waals surface area contributed by atoms with Crippen LogP contribution in [0, 0.1) is 0 Å². The molecule has 0 heterocycles. The summed E-state index contributed by atoms with van der Waals surface area (Å²) in [4.78, 5) is 26.5. The molecule has 1 aliphatic carbocycles. The van der Waals surface area contributed by atoms with Crippen LogP contribution in [0.25, 0.3) is 0 Å². The molecule has 0 fully saturated rings. The third kappa shape index (κ3) is 4.22. The third-order valence-corrected chi connectivity index (χ3v) is 3.42. The Morgan fingerprint density at radius 3 is 2.13 bits per heavy atom. The molecule has 1 aromatic carbocycles. The fourth-order valence-electron chi connectivity index (χ4n) is 2.39. The smallest absolute Gasteiger partial charge is 0.223 e. The number of ketones is 2. The fourth-order valence-corrected chi connectivity index (χ4v) is 2.39. The van der Waals surface area contributed by atoms with Crippen molar-refractivity contribution >= 4 is 11.6 Å². The number of rotatable bonds is 7. The van der Waals surface area contributed by atoms with Gasteiger partial charge in [0.25, 0.3) is 0 Å². The Morgan fingerprint density at radius 1 is 0.957 bits per heavy atom. The number of aromatic hydroxyl groups is 1. The van der Waals surface area contributed by atoms with Gasteiger partial charge in [-0.25, -0.2) is 0 Å². The van der Waals surface area contributed by atoms with Crippen molar-refractivity contribution in [3.63, 3.8) is 0 Å². The number of allylic oxidation sites excluding steroid dienone is 2. The van der Waals surface area contributed by atoms with Crippen molar-refractivity contribution in [1.82, 2.24) is 4.90 Å². The molecule has 0 aromatic heterocycles. The van der Waals surface area contributed by atoms with Crippen molar-refractivity contribution in [1.29, 1.82) is 0 Å². The lowest BCUT2D eigenvalue weighted by atomic mass is 10.1. The molecule has 0 radical (unpaired) electrons. The normalized spacial score (nSPS) is 14.3. The van der Waals surface area contributed by atoms with Crippen molar-refractivity contribution in [2.24, 2.45) is 0 Å². The van der Waals surface area contributed by atoms with Crippen LogP contribution >= 0.6 is 0 Å². The minimum atomic E-state index is -0.329. The zero-order chi connectivity index (χ0) is 16.8. The first-order valence-corrected chi connectivity index (χ1v) is 7.79. The number of ether oxygens (including phenoxy) is 1. The van der Waals surface area contributed by atoms with E-state index < -0.39 is 0 Å². The molecule has 23 heavy (non-hydrogen) atoms. The first-order chi connectivity index (χ1) is 11.0. The number of hydrogen-bond acceptors (Lipinski definition) is 5. The highest BCUT2D eigenvalue weighted by Crippen LogP contribution is 2.22. The van der Waals surface area contributed by atoms with Gasteiger partial charge >= 0.3 is 0 Å². The van der Waals surface area contributed by atoms with E-state index in [1.165, 1.54) is 36.4 Å². The molecule has 0 spiro atoms. The van der Waals surface area contributed by atoms with Gasteiger partial charge in [-0.2, -0.15) is 0 Å². The monoisotopic (exact) mass is 315 g/mol. The summed E-state index contributed by atoms with van der Waals surface area (Å²) in [6.07, 6.45) is 4.39. The Balaban J connectivity index is 2.15. The zero-order valence-corrected chi connectivity index (χ0v) is 13.4. The highest BCUT2D eigenvalue weighted by molar-refractivity contribution is 6.18. The average molecular weight is 315 g/mol. The lowest BCUT2D eigenvalue weighted by molar-refractivity contribution is -0.117. The van der Waals surface area contributed by atoms with E-state index in [1.54, 1.807) is 0 Å². The highest BCUT2D eigenvalue weighted by Gasteiger charge is 2.25. The second-order valence-corrected chi connectivity index (χ2v) is 5.35. The molecule has 5 heteroatoms. The van der Waals surface area contributed by atoms with Crippen LogP contribution in [-0.4, -0.2) is 34.7 Å².